The first-order valence-corrected chi connectivity index (χ1v) is 8.00. The van der Waals surface area contributed by atoms with E-state index in [9.17, 15) is 4.79 Å². The maximum atomic E-state index is 12.4. The minimum absolute atomic E-state index is 0.0124. The van der Waals surface area contributed by atoms with Crippen LogP contribution in [-0.4, -0.2) is 67.3 Å². The maximum absolute atomic E-state index is 12.4. The number of hydrogen-bond donors (Lipinski definition) is 1. The van der Waals surface area contributed by atoms with Crippen LogP contribution < -0.4 is 5.32 Å². The molecule has 2 rings (SSSR count). The molecule has 1 N–H and O–H groups in total. The van der Waals surface area contributed by atoms with E-state index >= 15 is 0 Å². The molecule has 20 heavy (non-hydrogen) atoms. The molecule has 2 aliphatic heterocycles. The highest BCUT2D eigenvalue weighted by atomic mass is 16.5. The number of nitrogens with zero attached hydrogens (tertiary/aromatic N) is 2. The van der Waals surface area contributed by atoms with Crippen LogP contribution in [0.15, 0.2) is 0 Å². The molecule has 2 fully saturated rings. The zero-order chi connectivity index (χ0) is 14.5. The van der Waals surface area contributed by atoms with E-state index in [4.69, 9.17) is 4.74 Å². The second kappa shape index (κ2) is 7.38. The zero-order valence-corrected chi connectivity index (χ0v) is 13.1. The monoisotopic (exact) mass is 283 g/mol. The molecule has 0 aliphatic carbocycles. The molecule has 0 bridgehead atoms. The molecule has 2 saturated heterocycles. The van der Waals surface area contributed by atoms with E-state index in [1.807, 2.05) is 4.90 Å². The number of rotatable bonds is 6. The molecular formula is C15H29N3O2. The van der Waals surface area contributed by atoms with Gasteiger partial charge in [0.05, 0.1) is 25.4 Å². The molecule has 0 aromatic rings. The van der Waals surface area contributed by atoms with Crippen molar-refractivity contribution in [3.63, 3.8) is 0 Å². The predicted octanol–water partition coefficient (Wildman–Crippen LogP) is 0.901. The highest BCUT2D eigenvalue weighted by molar-refractivity contribution is 5.84. The summed E-state index contributed by atoms with van der Waals surface area (Å²) >= 11 is 0. The van der Waals surface area contributed by atoms with Gasteiger partial charge in [-0.05, 0) is 19.3 Å². The van der Waals surface area contributed by atoms with Gasteiger partial charge in [-0.15, -0.1) is 0 Å². The van der Waals surface area contributed by atoms with Crippen LogP contribution in [-0.2, 0) is 9.53 Å². The summed E-state index contributed by atoms with van der Waals surface area (Å²) in [4.78, 5) is 16.9. The first kappa shape index (κ1) is 15.7. The van der Waals surface area contributed by atoms with Gasteiger partial charge in [-0.25, -0.2) is 0 Å². The van der Waals surface area contributed by atoms with E-state index in [1.54, 1.807) is 0 Å². The second-order valence-electron chi connectivity index (χ2n) is 6.05. The predicted molar refractivity (Wildman–Crippen MR) is 79.4 cm³/mol. The van der Waals surface area contributed by atoms with Crippen LogP contribution in [0.3, 0.4) is 0 Å². The fourth-order valence-electron chi connectivity index (χ4n) is 3.03. The third-order valence-electron chi connectivity index (χ3n) is 4.63. The number of morpholine rings is 1. The van der Waals surface area contributed by atoms with E-state index in [0.29, 0.717) is 5.92 Å². The average molecular weight is 283 g/mol. The van der Waals surface area contributed by atoms with Crippen molar-refractivity contribution in [2.75, 3.05) is 39.4 Å². The molecule has 0 aromatic carbocycles. The summed E-state index contributed by atoms with van der Waals surface area (Å²) in [7, 11) is 0. The SMILES string of the molecule is CCC(C)C1NC(C)N(CCCN2CCOCC2)C1=O. The topological polar surface area (TPSA) is 44.8 Å². The average Bonchev–Trinajstić information content (AvgIpc) is 2.75. The smallest absolute Gasteiger partial charge is 0.241 e. The van der Waals surface area contributed by atoms with E-state index < -0.39 is 0 Å². The Balaban J connectivity index is 1.76. The summed E-state index contributed by atoms with van der Waals surface area (Å²) in [6, 6.07) is 0.0124. The Morgan fingerprint density at radius 2 is 2.05 bits per heavy atom. The summed E-state index contributed by atoms with van der Waals surface area (Å²) in [6.45, 7) is 12.0. The fraction of sp³-hybridized carbons (Fsp3) is 0.933. The van der Waals surface area contributed by atoms with E-state index in [1.165, 1.54) is 0 Å². The van der Waals surface area contributed by atoms with Crippen LogP contribution in [0.1, 0.15) is 33.6 Å². The van der Waals surface area contributed by atoms with Crippen molar-refractivity contribution < 1.29 is 9.53 Å². The fourth-order valence-corrected chi connectivity index (χ4v) is 3.03. The minimum atomic E-state index is 0.0124. The summed E-state index contributed by atoms with van der Waals surface area (Å²) < 4.78 is 5.35. The normalized spacial score (nSPS) is 29.9. The van der Waals surface area contributed by atoms with E-state index in [2.05, 4.69) is 31.0 Å². The van der Waals surface area contributed by atoms with Crippen LogP contribution in [0.4, 0.5) is 0 Å². The first-order chi connectivity index (χ1) is 9.63. The van der Waals surface area contributed by atoms with Gasteiger partial charge in [0.1, 0.15) is 0 Å². The molecule has 0 radical (unpaired) electrons. The van der Waals surface area contributed by atoms with Gasteiger partial charge in [0.15, 0.2) is 0 Å². The summed E-state index contributed by atoms with van der Waals surface area (Å²) in [5, 5.41) is 3.44. The van der Waals surface area contributed by atoms with Crippen molar-refractivity contribution in [1.29, 1.82) is 0 Å². The summed E-state index contributed by atoms with van der Waals surface area (Å²) in [5.41, 5.74) is 0. The molecule has 0 spiro atoms. The van der Waals surface area contributed by atoms with Crippen LogP contribution in [0.2, 0.25) is 0 Å². The van der Waals surface area contributed by atoms with E-state index in [-0.39, 0.29) is 18.1 Å². The van der Waals surface area contributed by atoms with Crippen molar-refractivity contribution in [2.45, 2.75) is 45.8 Å². The zero-order valence-electron chi connectivity index (χ0n) is 13.1. The molecule has 2 aliphatic rings. The molecule has 5 heteroatoms. The largest absolute Gasteiger partial charge is 0.379 e. The molecular weight excluding hydrogens is 254 g/mol. The van der Waals surface area contributed by atoms with Gasteiger partial charge < -0.3 is 9.64 Å². The Kier molecular flexibility index (Phi) is 5.81. The van der Waals surface area contributed by atoms with Crippen LogP contribution in [0.5, 0.6) is 0 Å². The lowest BCUT2D eigenvalue weighted by molar-refractivity contribution is -0.130. The molecule has 1 amide bonds. The van der Waals surface area contributed by atoms with Gasteiger partial charge in [-0.1, -0.05) is 20.3 Å². The van der Waals surface area contributed by atoms with Gasteiger partial charge in [0.2, 0.25) is 5.91 Å². The Labute approximate surface area is 122 Å². The number of hydrogen-bond acceptors (Lipinski definition) is 4. The van der Waals surface area contributed by atoms with Gasteiger partial charge in [-0.3, -0.25) is 15.0 Å². The third kappa shape index (κ3) is 3.71. The second-order valence-corrected chi connectivity index (χ2v) is 6.05. The Morgan fingerprint density at radius 1 is 1.35 bits per heavy atom. The van der Waals surface area contributed by atoms with Crippen molar-refractivity contribution in [3.05, 3.63) is 0 Å². The van der Waals surface area contributed by atoms with Crippen molar-refractivity contribution in [3.8, 4) is 0 Å². The van der Waals surface area contributed by atoms with Gasteiger partial charge in [0, 0.05) is 26.2 Å². The highest BCUT2D eigenvalue weighted by Crippen LogP contribution is 2.19. The van der Waals surface area contributed by atoms with Crippen molar-refractivity contribution >= 4 is 5.91 Å². The summed E-state index contributed by atoms with van der Waals surface area (Å²) in [6.07, 6.45) is 2.26. The van der Waals surface area contributed by atoms with E-state index in [0.717, 1.165) is 52.2 Å². The summed E-state index contributed by atoms with van der Waals surface area (Å²) in [5.74, 6) is 0.697. The molecule has 2 heterocycles. The molecule has 0 saturated carbocycles. The minimum Gasteiger partial charge on any atom is -0.379 e. The van der Waals surface area contributed by atoms with Crippen LogP contribution in [0, 0.1) is 5.92 Å². The number of nitrogens with one attached hydrogen (secondary N) is 1. The maximum Gasteiger partial charge on any atom is 0.241 e. The lowest BCUT2D eigenvalue weighted by Crippen LogP contribution is -2.40. The van der Waals surface area contributed by atoms with Gasteiger partial charge in [-0.2, -0.15) is 0 Å². The number of ether oxygens (including phenoxy) is 1. The molecule has 116 valence electrons. The molecule has 5 nitrogen and oxygen atoms in total. The van der Waals surface area contributed by atoms with Crippen LogP contribution >= 0.6 is 0 Å². The molecule has 3 atom stereocenters. The standard InChI is InChI=1S/C15H29N3O2/c1-4-12(2)14-15(19)18(13(3)16-14)7-5-6-17-8-10-20-11-9-17/h12-14,16H,4-11H2,1-3H3. The van der Waals surface area contributed by atoms with Gasteiger partial charge >= 0.3 is 0 Å². The van der Waals surface area contributed by atoms with Crippen LogP contribution in [0.25, 0.3) is 0 Å². The first-order valence-electron chi connectivity index (χ1n) is 8.00. The Hall–Kier alpha value is -0.650. The Bertz CT molecular complexity index is 318. The van der Waals surface area contributed by atoms with Crippen molar-refractivity contribution in [1.82, 2.24) is 15.1 Å². The number of amides is 1. The number of carbonyl (C=O) groups is 1. The lowest BCUT2D eigenvalue weighted by atomic mass is 9.99. The third-order valence-corrected chi connectivity index (χ3v) is 4.63. The molecule has 3 unspecified atom stereocenters. The Morgan fingerprint density at radius 3 is 2.70 bits per heavy atom. The van der Waals surface area contributed by atoms with Gasteiger partial charge in [0.25, 0.3) is 0 Å². The quantitative estimate of drug-likeness (QED) is 0.787. The number of carbonyl (C=O) groups excluding carboxylic acids is 1. The molecule has 0 aromatic heterocycles. The lowest BCUT2D eigenvalue weighted by Gasteiger charge is -2.28. The van der Waals surface area contributed by atoms with Crippen molar-refractivity contribution in [2.24, 2.45) is 5.92 Å². The highest BCUT2D eigenvalue weighted by Gasteiger charge is 2.38.